The molecule has 5 nitrogen and oxygen atoms in total. The van der Waals surface area contributed by atoms with Crippen LogP contribution in [-0.4, -0.2) is 16.7 Å². The molecule has 2 heterocycles. The summed E-state index contributed by atoms with van der Waals surface area (Å²) >= 11 is 3.42. The average molecular weight is 462 g/mol. The van der Waals surface area contributed by atoms with Crippen LogP contribution in [0, 0.1) is 13.8 Å². The van der Waals surface area contributed by atoms with Gasteiger partial charge in [-0.1, -0.05) is 34.1 Å². The summed E-state index contributed by atoms with van der Waals surface area (Å²) in [5, 5.41) is 4.03. The highest BCUT2D eigenvalue weighted by Gasteiger charge is 2.09. The highest BCUT2D eigenvalue weighted by Crippen LogP contribution is 2.23. The summed E-state index contributed by atoms with van der Waals surface area (Å²) in [5.74, 6) is 1.01. The highest BCUT2D eigenvalue weighted by molar-refractivity contribution is 9.10. The summed E-state index contributed by atoms with van der Waals surface area (Å²) in [5.41, 5.74) is 7.23. The summed E-state index contributed by atoms with van der Waals surface area (Å²) in [7, 11) is 0. The number of nitrogens with zero attached hydrogens (tertiary/aromatic N) is 2. The third-order valence-electron chi connectivity index (χ3n) is 4.75. The Morgan fingerprint density at radius 1 is 1.00 bits per heavy atom. The first-order valence-electron chi connectivity index (χ1n) is 9.46. The van der Waals surface area contributed by atoms with Crippen LogP contribution >= 0.6 is 15.9 Å². The van der Waals surface area contributed by atoms with Gasteiger partial charge in [0.15, 0.2) is 0 Å². The van der Waals surface area contributed by atoms with Crippen molar-refractivity contribution >= 4 is 28.1 Å². The first-order valence-corrected chi connectivity index (χ1v) is 10.2. The number of amides is 1. The molecule has 1 N–H and O–H groups in total. The number of furan rings is 1. The maximum absolute atomic E-state index is 12.5. The molecule has 2 aromatic heterocycles. The smallest absolute Gasteiger partial charge is 0.271 e. The minimum Gasteiger partial charge on any atom is -0.455 e. The number of carbonyl (C=O) groups is 1. The molecule has 0 saturated heterocycles. The maximum Gasteiger partial charge on any atom is 0.271 e. The lowest BCUT2D eigenvalue weighted by Gasteiger charge is -2.10. The molecule has 30 heavy (non-hydrogen) atoms. The number of carbonyl (C=O) groups excluding carboxylic acids is 1. The van der Waals surface area contributed by atoms with Gasteiger partial charge in [0, 0.05) is 32.7 Å². The average Bonchev–Trinajstić information content (AvgIpc) is 3.35. The number of aryl methyl sites for hydroxylation is 2. The zero-order valence-corrected chi connectivity index (χ0v) is 18.2. The Kier molecular flexibility index (Phi) is 5.68. The Morgan fingerprint density at radius 3 is 2.47 bits per heavy atom. The summed E-state index contributed by atoms with van der Waals surface area (Å²) in [6.07, 6.45) is 1.49. The molecule has 4 aromatic rings. The van der Waals surface area contributed by atoms with E-state index < -0.39 is 0 Å². The zero-order chi connectivity index (χ0) is 21.1. The van der Waals surface area contributed by atoms with Gasteiger partial charge in [0.1, 0.15) is 11.5 Å². The van der Waals surface area contributed by atoms with E-state index in [1.165, 1.54) is 6.21 Å². The van der Waals surface area contributed by atoms with Gasteiger partial charge < -0.3 is 8.98 Å². The normalized spacial score (nSPS) is 11.2. The van der Waals surface area contributed by atoms with Crippen molar-refractivity contribution in [1.82, 2.24) is 9.99 Å². The molecule has 6 heteroatoms. The Bertz CT molecular complexity index is 1200. The van der Waals surface area contributed by atoms with E-state index in [9.17, 15) is 4.79 Å². The van der Waals surface area contributed by atoms with E-state index >= 15 is 0 Å². The molecule has 0 fully saturated rings. The van der Waals surface area contributed by atoms with Gasteiger partial charge in [-0.25, -0.2) is 5.43 Å². The van der Waals surface area contributed by atoms with Crippen LogP contribution in [0.3, 0.4) is 0 Å². The van der Waals surface area contributed by atoms with E-state index in [1.807, 2.05) is 68.4 Å². The molecule has 0 aliphatic carbocycles. The van der Waals surface area contributed by atoms with Crippen LogP contribution in [0.1, 0.15) is 27.5 Å². The molecule has 0 unspecified atom stereocenters. The van der Waals surface area contributed by atoms with E-state index in [0.29, 0.717) is 11.3 Å². The van der Waals surface area contributed by atoms with Gasteiger partial charge in [-0.15, -0.1) is 0 Å². The second kappa shape index (κ2) is 8.55. The molecular formula is C24H20BrN3O2. The first-order chi connectivity index (χ1) is 14.5. The quantitative estimate of drug-likeness (QED) is 0.298. The number of hydrogen-bond donors (Lipinski definition) is 1. The van der Waals surface area contributed by atoms with Crippen molar-refractivity contribution in [2.24, 2.45) is 5.10 Å². The van der Waals surface area contributed by atoms with Crippen molar-refractivity contribution in [3.8, 4) is 17.0 Å². The second-order valence-electron chi connectivity index (χ2n) is 6.91. The van der Waals surface area contributed by atoms with Crippen molar-refractivity contribution in [3.63, 3.8) is 0 Å². The van der Waals surface area contributed by atoms with Crippen LogP contribution in [0.15, 0.2) is 86.8 Å². The predicted molar refractivity (Wildman–Crippen MR) is 122 cm³/mol. The molecule has 0 radical (unpaired) electrons. The van der Waals surface area contributed by atoms with Crippen LogP contribution in [0.25, 0.3) is 17.0 Å². The number of nitrogens with one attached hydrogen (secondary N) is 1. The summed E-state index contributed by atoms with van der Waals surface area (Å²) < 4.78 is 8.88. The fraction of sp³-hybridized carbons (Fsp3) is 0.0833. The van der Waals surface area contributed by atoms with Crippen LogP contribution in [-0.2, 0) is 0 Å². The van der Waals surface area contributed by atoms with Crippen LogP contribution in [0.4, 0.5) is 0 Å². The molecule has 0 spiro atoms. The molecular weight excluding hydrogens is 442 g/mol. The molecule has 0 bridgehead atoms. The van der Waals surface area contributed by atoms with E-state index in [2.05, 4.69) is 43.2 Å². The fourth-order valence-corrected chi connectivity index (χ4v) is 3.54. The monoisotopic (exact) mass is 461 g/mol. The first kappa shape index (κ1) is 19.9. The summed E-state index contributed by atoms with van der Waals surface area (Å²) in [6, 6.07) is 23.1. The lowest BCUT2D eigenvalue weighted by molar-refractivity contribution is 0.0955. The van der Waals surface area contributed by atoms with Gasteiger partial charge >= 0.3 is 0 Å². The van der Waals surface area contributed by atoms with Gasteiger partial charge in [0.2, 0.25) is 0 Å². The van der Waals surface area contributed by atoms with Gasteiger partial charge in [-0.2, -0.15) is 5.10 Å². The number of hydrazone groups is 1. The van der Waals surface area contributed by atoms with Crippen LogP contribution in [0.2, 0.25) is 0 Å². The van der Waals surface area contributed by atoms with Gasteiger partial charge in [0.05, 0.1) is 6.21 Å². The highest BCUT2D eigenvalue weighted by atomic mass is 79.9. The number of aromatic nitrogens is 1. The third-order valence-corrected chi connectivity index (χ3v) is 5.28. The number of halogens is 1. The largest absolute Gasteiger partial charge is 0.455 e. The number of rotatable bonds is 5. The Hall–Kier alpha value is -3.38. The Morgan fingerprint density at radius 2 is 1.73 bits per heavy atom. The van der Waals surface area contributed by atoms with Crippen molar-refractivity contribution in [2.45, 2.75) is 13.8 Å². The van der Waals surface area contributed by atoms with Crippen molar-refractivity contribution < 1.29 is 9.21 Å². The van der Waals surface area contributed by atoms with Gasteiger partial charge in [0.25, 0.3) is 5.91 Å². The lowest BCUT2D eigenvalue weighted by atomic mass is 10.2. The SMILES string of the molecule is Cc1ccc(C)n1-c1cccc(C(=O)NN=Cc2ccc(-c3ccc(Br)cc3)o2)c1. The molecule has 4 rings (SSSR count). The predicted octanol–water partition coefficient (Wildman–Crippen LogP) is 5.88. The van der Waals surface area contributed by atoms with Crippen molar-refractivity contribution in [1.29, 1.82) is 0 Å². The minimum atomic E-state index is -0.282. The second-order valence-corrected chi connectivity index (χ2v) is 7.83. The molecule has 1 amide bonds. The zero-order valence-electron chi connectivity index (χ0n) is 16.6. The lowest BCUT2D eigenvalue weighted by Crippen LogP contribution is -2.17. The topological polar surface area (TPSA) is 59.5 Å². The summed E-state index contributed by atoms with van der Waals surface area (Å²) in [6.45, 7) is 4.08. The Labute approximate surface area is 183 Å². The molecule has 150 valence electrons. The van der Waals surface area contributed by atoms with Crippen LogP contribution in [0.5, 0.6) is 0 Å². The standard InChI is InChI=1S/C24H20BrN3O2/c1-16-6-7-17(2)28(16)21-5-3-4-19(14-21)24(29)27-26-15-22-12-13-23(30-22)18-8-10-20(25)11-9-18/h3-15H,1-2H3,(H,27,29). The maximum atomic E-state index is 12.5. The van der Waals surface area contributed by atoms with Gasteiger partial charge in [-0.05, 0) is 68.4 Å². The van der Waals surface area contributed by atoms with Crippen molar-refractivity contribution in [2.75, 3.05) is 0 Å². The molecule has 0 atom stereocenters. The third kappa shape index (κ3) is 4.28. The fourth-order valence-electron chi connectivity index (χ4n) is 3.27. The van der Waals surface area contributed by atoms with Crippen LogP contribution < -0.4 is 5.43 Å². The molecule has 0 saturated carbocycles. The minimum absolute atomic E-state index is 0.282. The molecule has 2 aromatic carbocycles. The molecule has 0 aliphatic rings. The molecule has 0 aliphatic heterocycles. The summed E-state index contributed by atoms with van der Waals surface area (Å²) in [4.78, 5) is 12.5. The number of benzene rings is 2. The van der Waals surface area contributed by atoms with Crippen molar-refractivity contribution in [3.05, 3.63) is 100.0 Å². The van der Waals surface area contributed by atoms with E-state index in [1.54, 1.807) is 6.07 Å². The van der Waals surface area contributed by atoms with E-state index in [0.717, 1.165) is 32.9 Å². The Balaban J connectivity index is 1.45. The van der Waals surface area contributed by atoms with Gasteiger partial charge in [-0.3, -0.25) is 4.79 Å². The van der Waals surface area contributed by atoms with E-state index in [-0.39, 0.29) is 5.91 Å². The van der Waals surface area contributed by atoms with E-state index in [4.69, 9.17) is 4.42 Å². The number of hydrogen-bond acceptors (Lipinski definition) is 3.